The quantitative estimate of drug-likeness (QED) is 0.290. The van der Waals surface area contributed by atoms with Gasteiger partial charge >= 0.3 is 12.0 Å². The number of nitrogens with zero attached hydrogens (tertiary/aromatic N) is 6. The molecule has 13 nitrogen and oxygen atoms in total. The zero-order valence-electron chi connectivity index (χ0n) is 27.9. The number of esters is 1. The second-order valence-corrected chi connectivity index (χ2v) is 14.3. The number of Topliss-reactive ketones (excluding diaryl/α,β-unsaturated/α-hetero) is 1. The lowest BCUT2D eigenvalue weighted by atomic mass is 9.87. The van der Waals surface area contributed by atoms with Gasteiger partial charge in [0.1, 0.15) is 6.54 Å². The van der Waals surface area contributed by atoms with Crippen LogP contribution in [0.4, 0.5) is 16.2 Å². The summed E-state index contributed by atoms with van der Waals surface area (Å²) in [6, 6.07) is 13.9. The standard InChI is InChI=1S/C34H44N8O5/c1-33(2,3)27(43)19-40-29(22-12-7-8-13-22)25-16-9-10-17-26(25)36-32(46)41(40)20-28(44)35-24-15-11-14-23(18-24)30-37-39-42(38-30)21-47-31(45)34(4,5)6/h9-11,14-18,22,29H,7-8,12-13,19-21H2,1-6H3,(H,35,44)(H,36,46). The summed E-state index contributed by atoms with van der Waals surface area (Å²) in [5.41, 5.74) is 1.38. The average molecular weight is 645 g/mol. The summed E-state index contributed by atoms with van der Waals surface area (Å²) in [6.45, 7) is 10.3. The van der Waals surface area contributed by atoms with Gasteiger partial charge in [0.25, 0.3) is 0 Å². The van der Waals surface area contributed by atoms with E-state index in [2.05, 4.69) is 26.0 Å². The molecule has 1 unspecified atom stereocenters. The highest BCUT2D eigenvalue weighted by Gasteiger charge is 2.42. The molecule has 0 radical (unpaired) electrons. The number of aromatic nitrogens is 4. The van der Waals surface area contributed by atoms with Crippen molar-refractivity contribution in [3.05, 3.63) is 54.1 Å². The van der Waals surface area contributed by atoms with Crippen LogP contribution in [0.3, 0.4) is 0 Å². The minimum Gasteiger partial charge on any atom is -0.440 e. The molecule has 1 fully saturated rings. The molecule has 1 saturated carbocycles. The van der Waals surface area contributed by atoms with Crippen LogP contribution in [-0.2, 0) is 25.9 Å². The smallest absolute Gasteiger partial charge is 0.336 e. The van der Waals surface area contributed by atoms with E-state index in [9.17, 15) is 19.2 Å². The van der Waals surface area contributed by atoms with Crippen LogP contribution in [0.5, 0.6) is 0 Å². The molecule has 13 heteroatoms. The first-order valence-corrected chi connectivity index (χ1v) is 16.0. The van der Waals surface area contributed by atoms with E-state index in [0.717, 1.165) is 31.2 Å². The van der Waals surface area contributed by atoms with Gasteiger partial charge in [-0.3, -0.25) is 14.4 Å². The zero-order chi connectivity index (χ0) is 33.9. The number of hydrazine groups is 1. The first kappa shape index (κ1) is 33.7. The topological polar surface area (TPSA) is 152 Å². The van der Waals surface area contributed by atoms with Crippen molar-refractivity contribution in [2.45, 2.75) is 80.0 Å². The van der Waals surface area contributed by atoms with E-state index in [4.69, 9.17) is 4.74 Å². The molecule has 1 aromatic heterocycles. The van der Waals surface area contributed by atoms with Crippen LogP contribution < -0.4 is 10.6 Å². The highest BCUT2D eigenvalue weighted by atomic mass is 16.5. The van der Waals surface area contributed by atoms with Crippen LogP contribution in [0.2, 0.25) is 0 Å². The van der Waals surface area contributed by atoms with Gasteiger partial charge in [-0.2, -0.15) is 0 Å². The molecule has 0 saturated heterocycles. The Labute approximate surface area is 275 Å². The van der Waals surface area contributed by atoms with Crippen LogP contribution in [0, 0.1) is 16.7 Å². The van der Waals surface area contributed by atoms with Crippen molar-refractivity contribution in [1.82, 2.24) is 30.2 Å². The van der Waals surface area contributed by atoms with Crippen LogP contribution in [-0.4, -0.2) is 67.0 Å². The average Bonchev–Trinajstić information content (AvgIpc) is 3.69. The van der Waals surface area contributed by atoms with Crippen molar-refractivity contribution in [2.24, 2.45) is 16.7 Å². The van der Waals surface area contributed by atoms with Crippen molar-refractivity contribution in [1.29, 1.82) is 0 Å². The van der Waals surface area contributed by atoms with Crippen LogP contribution >= 0.6 is 0 Å². The van der Waals surface area contributed by atoms with Crippen LogP contribution in [0.25, 0.3) is 11.4 Å². The Morgan fingerprint density at radius 3 is 2.38 bits per heavy atom. The molecule has 47 heavy (non-hydrogen) atoms. The van der Waals surface area contributed by atoms with Crippen molar-refractivity contribution in [3.8, 4) is 11.4 Å². The lowest BCUT2D eigenvalue weighted by molar-refractivity contribution is -0.158. The molecule has 1 aliphatic carbocycles. The minimum absolute atomic E-state index is 0.0123. The maximum atomic E-state index is 13.8. The molecule has 0 spiro atoms. The molecule has 2 aliphatic rings. The first-order chi connectivity index (χ1) is 22.2. The minimum atomic E-state index is -0.662. The third-order valence-electron chi connectivity index (χ3n) is 8.45. The maximum Gasteiger partial charge on any atom is 0.336 e. The summed E-state index contributed by atoms with van der Waals surface area (Å²) in [6.07, 6.45) is 4.09. The first-order valence-electron chi connectivity index (χ1n) is 16.0. The monoisotopic (exact) mass is 644 g/mol. The molecule has 2 heterocycles. The number of hydrogen-bond acceptors (Lipinski definition) is 9. The number of tetrazole rings is 1. The normalized spacial score (nSPS) is 17.5. The van der Waals surface area contributed by atoms with Gasteiger partial charge in [0.05, 0.1) is 18.0 Å². The van der Waals surface area contributed by atoms with Crippen molar-refractivity contribution in [2.75, 3.05) is 23.7 Å². The summed E-state index contributed by atoms with van der Waals surface area (Å²) in [4.78, 5) is 54.2. The number of fused-ring (bicyclic) bond motifs is 1. The van der Waals surface area contributed by atoms with Crippen molar-refractivity contribution in [3.63, 3.8) is 0 Å². The predicted molar refractivity (Wildman–Crippen MR) is 175 cm³/mol. The summed E-state index contributed by atoms with van der Waals surface area (Å²) >= 11 is 0. The Morgan fingerprint density at radius 1 is 0.957 bits per heavy atom. The van der Waals surface area contributed by atoms with Gasteiger partial charge in [0, 0.05) is 22.4 Å². The maximum absolute atomic E-state index is 13.8. The van der Waals surface area contributed by atoms with Gasteiger partial charge in [0.2, 0.25) is 18.5 Å². The zero-order valence-corrected chi connectivity index (χ0v) is 27.9. The Hall–Kier alpha value is -4.65. The highest BCUT2D eigenvalue weighted by Crippen LogP contribution is 2.44. The molecule has 5 rings (SSSR count). The Kier molecular flexibility index (Phi) is 9.76. The van der Waals surface area contributed by atoms with Gasteiger partial charge in [-0.05, 0) is 68.5 Å². The Morgan fingerprint density at radius 2 is 1.68 bits per heavy atom. The van der Waals surface area contributed by atoms with Gasteiger partial charge in [-0.1, -0.05) is 63.9 Å². The summed E-state index contributed by atoms with van der Waals surface area (Å²) < 4.78 is 5.26. The number of rotatable bonds is 9. The number of anilines is 2. The van der Waals surface area contributed by atoms with Crippen LogP contribution in [0.15, 0.2) is 48.5 Å². The fraction of sp³-hybridized carbons (Fsp3) is 0.500. The van der Waals surface area contributed by atoms with E-state index in [1.807, 2.05) is 50.0 Å². The fourth-order valence-electron chi connectivity index (χ4n) is 5.80. The molecular weight excluding hydrogens is 600 g/mol. The number of carbonyl (C=O) groups is 4. The van der Waals surface area contributed by atoms with E-state index in [1.54, 1.807) is 45.0 Å². The van der Waals surface area contributed by atoms with Gasteiger partial charge in [0.15, 0.2) is 5.78 Å². The molecular formula is C34H44N8O5. The van der Waals surface area contributed by atoms with Gasteiger partial charge < -0.3 is 15.4 Å². The van der Waals surface area contributed by atoms with Crippen molar-refractivity contribution >= 4 is 35.1 Å². The third-order valence-corrected chi connectivity index (χ3v) is 8.45. The number of ketones is 1. The Bertz CT molecular complexity index is 1630. The second kappa shape index (κ2) is 13.6. The second-order valence-electron chi connectivity index (χ2n) is 14.3. The summed E-state index contributed by atoms with van der Waals surface area (Å²) in [7, 11) is 0. The summed E-state index contributed by atoms with van der Waals surface area (Å²) in [5.74, 6) is -0.355. The fourth-order valence-corrected chi connectivity index (χ4v) is 5.80. The highest BCUT2D eigenvalue weighted by molar-refractivity contribution is 5.98. The number of ether oxygens (including phenoxy) is 1. The molecule has 1 aliphatic heterocycles. The predicted octanol–water partition coefficient (Wildman–Crippen LogP) is 5.44. The van der Waals surface area contributed by atoms with E-state index in [-0.39, 0.29) is 49.4 Å². The van der Waals surface area contributed by atoms with Gasteiger partial charge in [-0.15, -0.1) is 15.0 Å². The SMILES string of the molecule is CC(C)(C)C(=O)CN1C(C2CCCC2)c2ccccc2NC(=O)N1CC(=O)Nc1cccc(-c2nnn(COC(=O)C(C)(C)C)n2)c1. The van der Waals surface area contributed by atoms with Crippen molar-refractivity contribution < 1.29 is 23.9 Å². The lowest BCUT2D eigenvalue weighted by Gasteiger charge is -2.41. The molecule has 250 valence electrons. The Balaban J connectivity index is 1.36. The largest absolute Gasteiger partial charge is 0.440 e. The van der Waals surface area contributed by atoms with E-state index < -0.39 is 22.8 Å². The third kappa shape index (κ3) is 8.02. The molecule has 2 aromatic carbocycles. The van der Waals surface area contributed by atoms with E-state index >= 15 is 0 Å². The number of hydrogen-bond donors (Lipinski definition) is 2. The van der Waals surface area contributed by atoms with E-state index in [1.165, 1.54) is 9.81 Å². The molecule has 2 N–H and O–H groups in total. The summed E-state index contributed by atoms with van der Waals surface area (Å²) in [5, 5.41) is 21.4. The number of amides is 3. The lowest BCUT2D eigenvalue weighted by Crippen LogP contribution is -2.54. The van der Waals surface area contributed by atoms with Gasteiger partial charge in [-0.25, -0.2) is 14.8 Å². The number of nitrogens with one attached hydrogen (secondary N) is 2. The molecule has 0 bridgehead atoms. The molecule has 1 atom stereocenters. The van der Waals surface area contributed by atoms with Crippen LogP contribution in [0.1, 0.15) is 78.8 Å². The number of urea groups is 1. The number of para-hydroxylation sites is 1. The molecule has 3 amide bonds. The van der Waals surface area contributed by atoms with E-state index in [0.29, 0.717) is 16.9 Å². The number of carbonyl (C=O) groups excluding carboxylic acids is 4. The number of benzene rings is 2. The molecule has 3 aromatic rings.